The summed E-state index contributed by atoms with van der Waals surface area (Å²) in [6.07, 6.45) is 1.37. The van der Waals surface area contributed by atoms with E-state index in [1.54, 1.807) is 18.1 Å². The van der Waals surface area contributed by atoms with E-state index in [9.17, 15) is 4.79 Å². The van der Waals surface area contributed by atoms with Crippen LogP contribution < -0.4 is 10.1 Å². The van der Waals surface area contributed by atoms with E-state index in [0.717, 1.165) is 12.1 Å². The van der Waals surface area contributed by atoms with Gasteiger partial charge in [-0.05, 0) is 13.3 Å². The van der Waals surface area contributed by atoms with Crippen molar-refractivity contribution in [1.82, 2.24) is 14.9 Å². The second-order valence-electron chi connectivity index (χ2n) is 4.53. The SMILES string of the molecule is COc1cc(C)nc(NC2CCC(=O)N(C)C2)n1. The lowest BCUT2D eigenvalue weighted by Crippen LogP contribution is -2.43. The highest BCUT2D eigenvalue weighted by atomic mass is 16.5. The van der Waals surface area contributed by atoms with Crippen LogP contribution in [0.3, 0.4) is 0 Å². The molecule has 1 aliphatic rings. The Labute approximate surface area is 106 Å². The molecule has 1 fully saturated rings. The molecule has 1 aromatic rings. The zero-order chi connectivity index (χ0) is 13.1. The average molecular weight is 250 g/mol. The number of aryl methyl sites for hydroxylation is 1. The number of hydrogen-bond donors (Lipinski definition) is 1. The first-order valence-electron chi connectivity index (χ1n) is 5.98. The number of aromatic nitrogens is 2. The van der Waals surface area contributed by atoms with Gasteiger partial charge < -0.3 is 15.0 Å². The molecule has 0 aliphatic carbocycles. The van der Waals surface area contributed by atoms with Crippen LogP contribution >= 0.6 is 0 Å². The number of likely N-dealkylation sites (tertiary alicyclic amines) is 1. The summed E-state index contributed by atoms with van der Waals surface area (Å²) in [5, 5.41) is 3.25. The Balaban J connectivity index is 2.05. The molecule has 0 saturated carbocycles. The van der Waals surface area contributed by atoms with Gasteiger partial charge in [0, 0.05) is 37.8 Å². The number of nitrogens with one attached hydrogen (secondary N) is 1. The van der Waals surface area contributed by atoms with Crippen LogP contribution in [0.4, 0.5) is 5.95 Å². The molecule has 6 heteroatoms. The number of amides is 1. The lowest BCUT2D eigenvalue weighted by atomic mass is 10.1. The third-order valence-electron chi connectivity index (χ3n) is 3.00. The van der Waals surface area contributed by atoms with Crippen molar-refractivity contribution < 1.29 is 9.53 Å². The molecule has 1 atom stereocenters. The van der Waals surface area contributed by atoms with Gasteiger partial charge in [-0.25, -0.2) is 4.98 Å². The first kappa shape index (κ1) is 12.6. The second-order valence-corrected chi connectivity index (χ2v) is 4.53. The van der Waals surface area contributed by atoms with Gasteiger partial charge in [-0.1, -0.05) is 0 Å². The van der Waals surface area contributed by atoms with Gasteiger partial charge in [-0.15, -0.1) is 0 Å². The monoisotopic (exact) mass is 250 g/mol. The van der Waals surface area contributed by atoms with E-state index >= 15 is 0 Å². The predicted octanol–water partition coefficient (Wildman–Crippen LogP) is 0.826. The summed E-state index contributed by atoms with van der Waals surface area (Å²) in [5.41, 5.74) is 0.851. The first-order valence-corrected chi connectivity index (χ1v) is 5.98. The third kappa shape index (κ3) is 2.88. The number of nitrogens with zero attached hydrogens (tertiary/aromatic N) is 3. The molecule has 0 spiro atoms. The van der Waals surface area contributed by atoms with E-state index < -0.39 is 0 Å². The number of ether oxygens (including phenoxy) is 1. The van der Waals surface area contributed by atoms with Gasteiger partial charge in [0.15, 0.2) is 0 Å². The van der Waals surface area contributed by atoms with Crippen LogP contribution in [0.25, 0.3) is 0 Å². The Morgan fingerprint density at radius 2 is 2.28 bits per heavy atom. The topological polar surface area (TPSA) is 67.3 Å². The summed E-state index contributed by atoms with van der Waals surface area (Å²) in [6, 6.07) is 1.97. The van der Waals surface area contributed by atoms with Crippen molar-refractivity contribution in [1.29, 1.82) is 0 Å². The van der Waals surface area contributed by atoms with E-state index in [2.05, 4.69) is 15.3 Å². The van der Waals surface area contributed by atoms with Gasteiger partial charge in [0.2, 0.25) is 17.7 Å². The summed E-state index contributed by atoms with van der Waals surface area (Å²) in [7, 11) is 3.40. The Morgan fingerprint density at radius 3 is 2.94 bits per heavy atom. The number of anilines is 1. The minimum Gasteiger partial charge on any atom is -0.481 e. The molecular formula is C12H18N4O2. The molecule has 1 N–H and O–H groups in total. The fourth-order valence-corrected chi connectivity index (χ4v) is 2.02. The van der Waals surface area contributed by atoms with Crippen molar-refractivity contribution in [2.45, 2.75) is 25.8 Å². The van der Waals surface area contributed by atoms with Crippen molar-refractivity contribution in [2.24, 2.45) is 0 Å². The van der Waals surface area contributed by atoms with Crippen molar-refractivity contribution in [3.63, 3.8) is 0 Å². The van der Waals surface area contributed by atoms with Crippen molar-refractivity contribution in [3.8, 4) is 5.88 Å². The van der Waals surface area contributed by atoms with Crippen LogP contribution in [0.15, 0.2) is 6.07 Å². The van der Waals surface area contributed by atoms with Crippen molar-refractivity contribution >= 4 is 11.9 Å². The van der Waals surface area contributed by atoms with Gasteiger partial charge in [-0.2, -0.15) is 4.98 Å². The van der Waals surface area contributed by atoms with Crippen LogP contribution in [-0.4, -0.2) is 47.5 Å². The van der Waals surface area contributed by atoms with Crippen molar-refractivity contribution in [3.05, 3.63) is 11.8 Å². The van der Waals surface area contributed by atoms with E-state index in [1.807, 2.05) is 14.0 Å². The van der Waals surface area contributed by atoms with Gasteiger partial charge in [0.1, 0.15) is 0 Å². The number of methoxy groups -OCH3 is 1. The molecule has 1 amide bonds. The number of likely N-dealkylation sites (N-methyl/N-ethyl adjacent to an activating group) is 1. The molecule has 1 aliphatic heterocycles. The average Bonchev–Trinajstić information content (AvgIpc) is 2.33. The standard InChI is InChI=1S/C12H18N4O2/c1-8-6-10(18-3)15-12(13-8)14-9-4-5-11(17)16(2)7-9/h6,9H,4-5,7H2,1-3H3,(H,13,14,15). The molecule has 6 nitrogen and oxygen atoms in total. The lowest BCUT2D eigenvalue weighted by Gasteiger charge is -2.30. The molecule has 1 saturated heterocycles. The van der Waals surface area contributed by atoms with E-state index in [1.165, 1.54) is 0 Å². The lowest BCUT2D eigenvalue weighted by molar-refractivity contribution is -0.132. The van der Waals surface area contributed by atoms with E-state index in [-0.39, 0.29) is 11.9 Å². The highest BCUT2D eigenvalue weighted by Crippen LogP contribution is 2.16. The molecule has 1 unspecified atom stereocenters. The minimum absolute atomic E-state index is 0.191. The molecular weight excluding hydrogens is 232 g/mol. The molecule has 1 aromatic heterocycles. The fraction of sp³-hybridized carbons (Fsp3) is 0.583. The van der Waals surface area contributed by atoms with Gasteiger partial charge in [-0.3, -0.25) is 4.79 Å². The Kier molecular flexibility index (Phi) is 3.64. The predicted molar refractivity (Wildman–Crippen MR) is 67.6 cm³/mol. The van der Waals surface area contributed by atoms with Crippen LogP contribution in [-0.2, 0) is 4.79 Å². The smallest absolute Gasteiger partial charge is 0.226 e. The van der Waals surface area contributed by atoms with Crippen LogP contribution in [0, 0.1) is 6.92 Å². The molecule has 0 bridgehead atoms. The highest BCUT2D eigenvalue weighted by molar-refractivity contribution is 5.76. The largest absolute Gasteiger partial charge is 0.481 e. The number of hydrogen-bond acceptors (Lipinski definition) is 5. The summed E-state index contributed by atoms with van der Waals surface area (Å²) in [4.78, 5) is 21.7. The van der Waals surface area contributed by atoms with Crippen LogP contribution in [0.5, 0.6) is 5.88 Å². The molecule has 98 valence electrons. The molecule has 2 heterocycles. The maximum Gasteiger partial charge on any atom is 0.226 e. The maximum atomic E-state index is 11.4. The zero-order valence-electron chi connectivity index (χ0n) is 10.9. The van der Waals surface area contributed by atoms with Gasteiger partial charge in [0.05, 0.1) is 7.11 Å². The Bertz CT molecular complexity index is 450. The van der Waals surface area contributed by atoms with Crippen LogP contribution in [0.1, 0.15) is 18.5 Å². The number of carbonyl (C=O) groups is 1. The highest BCUT2D eigenvalue weighted by Gasteiger charge is 2.23. The molecule has 18 heavy (non-hydrogen) atoms. The molecule has 2 rings (SSSR count). The molecule has 0 aromatic carbocycles. The minimum atomic E-state index is 0.191. The van der Waals surface area contributed by atoms with Crippen molar-refractivity contribution in [2.75, 3.05) is 26.0 Å². The summed E-state index contributed by atoms with van der Waals surface area (Å²) < 4.78 is 5.11. The van der Waals surface area contributed by atoms with Gasteiger partial charge >= 0.3 is 0 Å². The van der Waals surface area contributed by atoms with Crippen LogP contribution in [0.2, 0.25) is 0 Å². The maximum absolute atomic E-state index is 11.4. The number of piperidine rings is 1. The summed E-state index contributed by atoms with van der Waals surface area (Å²) in [5.74, 6) is 1.29. The summed E-state index contributed by atoms with van der Waals surface area (Å²) >= 11 is 0. The van der Waals surface area contributed by atoms with E-state index in [0.29, 0.717) is 24.8 Å². The Morgan fingerprint density at radius 1 is 1.50 bits per heavy atom. The number of rotatable bonds is 3. The quantitative estimate of drug-likeness (QED) is 0.860. The fourth-order valence-electron chi connectivity index (χ4n) is 2.02. The number of carbonyl (C=O) groups excluding carboxylic acids is 1. The zero-order valence-corrected chi connectivity index (χ0v) is 10.9. The normalized spacial score (nSPS) is 19.8. The summed E-state index contributed by atoms with van der Waals surface area (Å²) in [6.45, 7) is 2.57. The third-order valence-corrected chi connectivity index (χ3v) is 3.00. The second kappa shape index (κ2) is 5.20. The molecule has 0 radical (unpaired) electrons. The van der Waals surface area contributed by atoms with E-state index in [4.69, 9.17) is 4.74 Å². The van der Waals surface area contributed by atoms with Gasteiger partial charge in [0.25, 0.3) is 0 Å². The Hall–Kier alpha value is -1.85. The first-order chi connectivity index (χ1) is 8.58.